The average Bonchev–Trinajstić information content (AvgIpc) is 3.13. The summed E-state index contributed by atoms with van der Waals surface area (Å²) in [5, 5.41) is 2.75. The largest absolute Gasteiger partial charge is 0.458 e. The van der Waals surface area contributed by atoms with E-state index in [1.165, 1.54) is 11.1 Å². The van der Waals surface area contributed by atoms with Crippen LogP contribution in [0.1, 0.15) is 49.8 Å². The Labute approximate surface area is 201 Å². The number of nitrogens with one attached hydrogen (secondary N) is 1. The summed E-state index contributed by atoms with van der Waals surface area (Å²) in [6.07, 6.45) is 0.433. The molecule has 3 aromatic carbocycles. The molecule has 176 valence electrons. The Bertz CT molecular complexity index is 1100. The molecule has 0 heterocycles. The fraction of sp³-hybridized carbons (Fsp3) is 0.310. The summed E-state index contributed by atoms with van der Waals surface area (Å²) in [4.78, 5) is 25.6. The van der Waals surface area contributed by atoms with Crippen LogP contribution in [-0.4, -0.2) is 30.3 Å². The maximum absolute atomic E-state index is 12.8. The number of carbonyl (C=O) groups excluding carboxylic acids is 2. The van der Waals surface area contributed by atoms with Crippen molar-refractivity contribution in [3.63, 3.8) is 0 Å². The minimum atomic E-state index is -0.796. The molecular weight excluding hydrogens is 426 g/mol. The van der Waals surface area contributed by atoms with Crippen LogP contribution in [0.25, 0.3) is 11.1 Å². The van der Waals surface area contributed by atoms with E-state index < -0.39 is 23.7 Å². The first-order valence-corrected chi connectivity index (χ1v) is 11.7. The summed E-state index contributed by atoms with van der Waals surface area (Å²) >= 11 is 0. The fourth-order valence-electron chi connectivity index (χ4n) is 4.36. The van der Waals surface area contributed by atoms with Crippen molar-refractivity contribution in [2.45, 2.75) is 51.2 Å². The SMILES string of the molecule is CC(C)(C)OC(=O)C(CCc1ccccc1)NC(=O)OCC1c2ccccc2-c2ccccc21. The summed E-state index contributed by atoms with van der Waals surface area (Å²) in [5.41, 5.74) is 5.06. The molecule has 0 fully saturated rings. The smallest absolute Gasteiger partial charge is 0.407 e. The minimum Gasteiger partial charge on any atom is -0.458 e. The van der Waals surface area contributed by atoms with Gasteiger partial charge < -0.3 is 14.8 Å². The molecule has 0 radical (unpaired) electrons. The number of esters is 1. The third-order valence-corrected chi connectivity index (χ3v) is 5.89. The molecule has 3 aromatic rings. The van der Waals surface area contributed by atoms with Crippen molar-refractivity contribution >= 4 is 12.1 Å². The third-order valence-electron chi connectivity index (χ3n) is 5.89. The molecular formula is C29H31NO4. The molecule has 5 nitrogen and oxygen atoms in total. The number of ether oxygens (including phenoxy) is 2. The van der Waals surface area contributed by atoms with Crippen LogP contribution in [0.5, 0.6) is 0 Å². The van der Waals surface area contributed by atoms with Crippen molar-refractivity contribution in [2.75, 3.05) is 6.61 Å². The monoisotopic (exact) mass is 457 g/mol. The third kappa shape index (κ3) is 5.66. The van der Waals surface area contributed by atoms with Crippen LogP contribution >= 0.6 is 0 Å². The molecule has 1 N–H and O–H groups in total. The minimum absolute atomic E-state index is 0.0394. The lowest BCUT2D eigenvalue weighted by Crippen LogP contribution is -2.45. The summed E-state index contributed by atoms with van der Waals surface area (Å²) < 4.78 is 11.2. The lowest BCUT2D eigenvalue weighted by atomic mass is 9.98. The second kappa shape index (κ2) is 10.1. The number of rotatable bonds is 7. The molecule has 0 saturated carbocycles. The maximum atomic E-state index is 12.8. The zero-order chi connectivity index (χ0) is 24.1. The molecule has 1 aliphatic rings. The second-order valence-electron chi connectivity index (χ2n) is 9.58. The number of hydrogen-bond acceptors (Lipinski definition) is 4. The summed E-state index contributed by atoms with van der Waals surface area (Å²) in [7, 11) is 0. The van der Waals surface area contributed by atoms with Crippen molar-refractivity contribution in [1.82, 2.24) is 5.32 Å². The van der Waals surface area contributed by atoms with Gasteiger partial charge in [0, 0.05) is 5.92 Å². The van der Waals surface area contributed by atoms with Crippen LogP contribution in [0.15, 0.2) is 78.9 Å². The number of benzene rings is 3. The van der Waals surface area contributed by atoms with Crippen molar-refractivity contribution in [1.29, 1.82) is 0 Å². The standard InChI is InChI=1S/C29H31NO4/c1-29(2,3)34-27(31)26(18-17-20-11-5-4-6-12-20)30-28(32)33-19-25-23-15-9-7-13-21(23)22-14-8-10-16-24(22)25/h4-16,25-26H,17-19H2,1-3H3,(H,30,32). The van der Waals surface area contributed by atoms with E-state index in [1.54, 1.807) is 0 Å². The van der Waals surface area contributed by atoms with Crippen molar-refractivity contribution in [2.24, 2.45) is 0 Å². The lowest BCUT2D eigenvalue weighted by molar-refractivity contribution is -0.157. The Morgan fingerprint density at radius 3 is 2.00 bits per heavy atom. The highest BCUT2D eigenvalue weighted by Gasteiger charge is 2.31. The molecule has 4 rings (SSSR count). The normalized spacial score (nSPS) is 13.5. The average molecular weight is 458 g/mol. The van der Waals surface area contributed by atoms with E-state index in [2.05, 4.69) is 29.6 Å². The Morgan fingerprint density at radius 1 is 0.853 bits per heavy atom. The highest BCUT2D eigenvalue weighted by molar-refractivity contribution is 5.82. The van der Waals surface area contributed by atoms with Gasteiger partial charge in [0.2, 0.25) is 0 Å². The van der Waals surface area contributed by atoms with Gasteiger partial charge >= 0.3 is 12.1 Å². The number of carbonyl (C=O) groups is 2. The number of aryl methyl sites for hydroxylation is 1. The zero-order valence-corrected chi connectivity index (χ0v) is 19.9. The molecule has 34 heavy (non-hydrogen) atoms. The van der Waals surface area contributed by atoms with Gasteiger partial charge in [0.1, 0.15) is 18.2 Å². The van der Waals surface area contributed by atoms with Crippen LogP contribution in [-0.2, 0) is 20.7 Å². The molecule has 1 amide bonds. The molecule has 1 unspecified atom stereocenters. The van der Waals surface area contributed by atoms with Gasteiger partial charge in [0.05, 0.1) is 0 Å². The first kappa shape index (κ1) is 23.6. The van der Waals surface area contributed by atoms with E-state index in [9.17, 15) is 9.59 Å². The van der Waals surface area contributed by atoms with Gasteiger partial charge in [0.25, 0.3) is 0 Å². The quantitative estimate of drug-likeness (QED) is 0.451. The van der Waals surface area contributed by atoms with Gasteiger partial charge in [-0.2, -0.15) is 0 Å². The second-order valence-corrected chi connectivity index (χ2v) is 9.58. The van der Waals surface area contributed by atoms with Gasteiger partial charge in [0.15, 0.2) is 0 Å². The number of hydrogen-bond donors (Lipinski definition) is 1. The fourth-order valence-corrected chi connectivity index (χ4v) is 4.36. The van der Waals surface area contributed by atoms with E-state index >= 15 is 0 Å². The highest BCUT2D eigenvalue weighted by atomic mass is 16.6. The summed E-state index contributed by atoms with van der Waals surface area (Å²) in [6, 6.07) is 25.4. The topological polar surface area (TPSA) is 64.6 Å². The first-order chi connectivity index (χ1) is 16.3. The first-order valence-electron chi connectivity index (χ1n) is 11.7. The van der Waals surface area contributed by atoms with E-state index in [1.807, 2.05) is 75.4 Å². The van der Waals surface area contributed by atoms with Crippen molar-refractivity contribution < 1.29 is 19.1 Å². The predicted octanol–water partition coefficient (Wildman–Crippen LogP) is 5.87. The van der Waals surface area contributed by atoms with Gasteiger partial charge in [-0.3, -0.25) is 0 Å². The molecule has 0 aromatic heterocycles. The molecule has 1 atom stereocenters. The predicted molar refractivity (Wildman–Crippen MR) is 133 cm³/mol. The molecule has 0 spiro atoms. The Hall–Kier alpha value is -3.60. The van der Waals surface area contributed by atoms with Crippen LogP contribution in [0, 0.1) is 0 Å². The Morgan fingerprint density at radius 2 is 1.41 bits per heavy atom. The maximum Gasteiger partial charge on any atom is 0.407 e. The molecule has 0 aliphatic heterocycles. The molecule has 0 saturated heterocycles. The highest BCUT2D eigenvalue weighted by Crippen LogP contribution is 2.44. The van der Waals surface area contributed by atoms with Crippen LogP contribution in [0.2, 0.25) is 0 Å². The van der Waals surface area contributed by atoms with Crippen LogP contribution in [0.4, 0.5) is 4.79 Å². The van der Waals surface area contributed by atoms with Gasteiger partial charge in [-0.05, 0) is 61.4 Å². The molecule has 1 aliphatic carbocycles. The molecule has 0 bridgehead atoms. The van der Waals surface area contributed by atoms with Crippen molar-refractivity contribution in [3.05, 3.63) is 95.6 Å². The Balaban J connectivity index is 1.43. The van der Waals surface area contributed by atoms with E-state index in [0.717, 1.165) is 16.7 Å². The van der Waals surface area contributed by atoms with E-state index in [4.69, 9.17) is 9.47 Å². The summed E-state index contributed by atoms with van der Waals surface area (Å²) in [5.74, 6) is -0.501. The van der Waals surface area contributed by atoms with Crippen molar-refractivity contribution in [3.8, 4) is 11.1 Å². The number of alkyl carbamates (subject to hydrolysis) is 1. The number of fused-ring (bicyclic) bond motifs is 3. The molecule has 5 heteroatoms. The lowest BCUT2D eigenvalue weighted by Gasteiger charge is -2.24. The Kier molecular flexibility index (Phi) is 7.01. The van der Waals surface area contributed by atoms with Crippen LogP contribution in [0.3, 0.4) is 0 Å². The van der Waals surface area contributed by atoms with E-state index in [-0.39, 0.29) is 12.5 Å². The van der Waals surface area contributed by atoms with E-state index in [0.29, 0.717) is 12.8 Å². The number of amides is 1. The van der Waals surface area contributed by atoms with Gasteiger partial charge in [-0.15, -0.1) is 0 Å². The van der Waals surface area contributed by atoms with Crippen LogP contribution < -0.4 is 5.32 Å². The zero-order valence-electron chi connectivity index (χ0n) is 19.9. The van der Waals surface area contributed by atoms with Gasteiger partial charge in [-0.1, -0.05) is 78.9 Å². The summed E-state index contributed by atoms with van der Waals surface area (Å²) in [6.45, 7) is 5.63. The van der Waals surface area contributed by atoms with Gasteiger partial charge in [-0.25, -0.2) is 9.59 Å².